The lowest BCUT2D eigenvalue weighted by molar-refractivity contribution is -0.611. The van der Waals surface area contributed by atoms with E-state index in [1.807, 2.05) is 0 Å². The van der Waals surface area contributed by atoms with E-state index in [-0.39, 0.29) is 40.5 Å². The predicted molar refractivity (Wildman–Crippen MR) is 131 cm³/mol. The number of benzene rings is 1. The lowest BCUT2D eigenvalue weighted by atomic mass is 9.81. The Morgan fingerprint density at radius 1 is 1.22 bits per heavy atom. The number of nitrogens with zero attached hydrogens (tertiary/aromatic N) is 3. The van der Waals surface area contributed by atoms with Crippen LogP contribution in [0.5, 0.6) is 0 Å². The smallest absolute Gasteiger partial charge is 0.270 e. The van der Waals surface area contributed by atoms with Crippen LogP contribution in [0.3, 0.4) is 0 Å². The van der Waals surface area contributed by atoms with Crippen LogP contribution in [0.15, 0.2) is 42.7 Å². The average molecular weight is 536 g/mol. The van der Waals surface area contributed by atoms with E-state index in [9.17, 15) is 23.6 Å². The van der Waals surface area contributed by atoms with Gasteiger partial charge in [0.1, 0.15) is 22.6 Å². The second-order valence-corrected chi connectivity index (χ2v) is 9.59. The number of amides is 2. The monoisotopic (exact) mass is 535 g/mol. The first-order chi connectivity index (χ1) is 17.4. The molecule has 1 aliphatic carbocycles. The van der Waals surface area contributed by atoms with E-state index in [2.05, 4.69) is 15.7 Å². The minimum absolute atomic E-state index is 0.0350. The molecule has 8 nitrogen and oxygen atoms in total. The standard InChI is InChI=1S/C25H25ClF3N5O3/c1-14-19(11-16(26)13-34(14)37)18-4-3-17(12-20(18)27)31-24(36)22(15-5-8-25(28,29)9-6-15)32-23(35)21-7-10-30-33(21)2/h3-4,7,10-13,15,22H,5-6,8-9H2,1-2H3,(H,31,36)(H,32,35). The molecule has 1 aliphatic rings. The fraction of sp³-hybridized carbons (Fsp3) is 0.360. The third kappa shape index (κ3) is 5.87. The van der Waals surface area contributed by atoms with Crippen molar-refractivity contribution in [2.45, 2.75) is 44.6 Å². The summed E-state index contributed by atoms with van der Waals surface area (Å²) >= 11 is 5.95. The number of carbonyl (C=O) groups excluding carboxylic acids is 2. The van der Waals surface area contributed by atoms with Crippen LogP contribution in [-0.2, 0) is 11.8 Å². The van der Waals surface area contributed by atoms with Crippen molar-refractivity contribution in [3.05, 3.63) is 70.2 Å². The van der Waals surface area contributed by atoms with Crippen LogP contribution in [0.2, 0.25) is 5.02 Å². The minimum atomic E-state index is -2.82. The molecule has 0 aliphatic heterocycles. The highest BCUT2D eigenvalue weighted by Crippen LogP contribution is 2.38. The van der Waals surface area contributed by atoms with E-state index in [0.717, 1.165) is 12.3 Å². The summed E-state index contributed by atoms with van der Waals surface area (Å²) in [5.74, 6) is -5.31. The highest BCUT2D eigenvalue weighted by Gasteiger charge is 2.40. The first-order valence-corrected chi connectivity index (χ1v) is 12.0. The topological polar surface area (TPSA) is 103 Å². The Morgan fingerprint density at radius 2 is 1.92 bits per heavy atom. The van der Waals surface area contributed by atoms with Gasteiger partial charge in [0.25, 0.3) is 5.91 Å². The van der Waals surface area contributed by atoms with Gasteiger partial charge in [-0.2, -0.15) is 9.83 Å². The van der Waals surface area contributed by atoms with Gasteiger partial charge in [-0.25, -0.2) is 13.2 Å². The van der Waals surface area contributed by atoms with Crippen LogP contribution in [0.1, 0.15) is 41.9 Å². The normalized spacial score (nSPS) is 16.3. The van der Waals surface area contributed by atoms with Gasteiger partial charge in [0.2, 0.25) is 11.8 Å². The number of pyridine rings is 1. The molecule has 0 radical (unpaired) electrons. The van der Waals surface area contributed by atoms with Crippen molar-refractivity contribution in [3.63, 3.8) is 0 Å². The van der Waals surface area contributed by atoms with Crippen molar-refractivity contribution in [3.8, 4) is 11.1 Å². The Balaban J connectivity index is 1.57. The highest BCUT2D eigenvalue weighted by molar-refractivity contribution is 6.30. The molecule has 0 saturated heterocycles. The fourth-order valence-corrected chi connectivity index (χ4v) is 4.71. The Labute approximate surface area is 216 Å². The van der Waals surface area contributed by atoms with Gasteiger partial charge in [-0.3, -0.25) is 14.3 Å². The van der Waals surface area contributed by atoms with Crippen molar-refractivity contribution < 1.29 is 27.5 Å². The number of alkyl halides is 2. The lowest BCUT2D eigenvalue weighted by Gasteiger charge is -2.33. The third-order valence-corrected chi connectivity index (χ3v) is 6.83. The van der Waals surface area contributed by atoms with Gasteiger partial charge in [-0.05, 0) is 49.1 Å². The second-order valence-electron chi connectivity index (χ2n) is 9.15. The van der Waals surface area contributed by atoms with E-state index < -0.39 is 48.4 Å². The van der Waals surface area contributed by atoms with Gasteiger partial charge < -0.3 is 15.8 Å². The zero-order valence-corrected chi connectivity index (χ0v) is 20.9. The lowest BCUT2D eigenvalue weighted by Crippen LogP contribution is -2.50. The van der Waals surface area contributed by atoms with Gasteiger partial charge >= 0.3 is 0 Å². The molecule has 0 bridgehead atoms. The number of rotatable bonds is 6. The third-order valence-electron chi connectivity index (χ3n) is 6.63. The molecule has 0 spiro atoms. The summed E-state index contributed by atoms with van der Waals surface area (Å²) in [6, 6.07) is 5.73. The second kappa shape index (κ2) is 10.4. The van der Waals surface area contributed by atoms with Gasteiger partial charge in [0.15, 0.2) is 11.9 Å². The maximum atomic E-state index is 15.0. The Morgan fingerprint density at radius 3 is 2.54 bits per heavy atom. The zero-order valence-electron chi connectivity index (χ0n) is 20.1. The molecular formula is C25H25ClF3N5O3. The first kappa shape index (κ1) is 26.5. The Kier molecular flexibility index (Phi) is 7.44. The minimum Gasteiger partial charge on any atom is -0.618 e. The number of hydrogen-bond acceptors (Lipinski definition) is 4. The quantitative estimate of drug-likeness (QED) is 0.361. The number of nitrogens with one attached hydrogen (secondary N) is 2. The number of hydrogen-bond donors (Lipinski definition) is 2. The maximum absolute atomic E-state index is 15.0. The summed E-state index contributed by atoms with van der Waals surface area (Å²) < 4.78 is 44.4. The summed E-state index contributed by atoms with van der Waals surface area (Å²) in [6.07, 6.45) is 1.86. The van der Waals surface area contributed by atoms with Crippen molar-refractivity contribution in [2.75, 3.05) is 5.32 Å². The molecule has 1 atom stereocenters. The van der Waals surface area contributed by atoms with Gasteiger partial charge in [0, 0.05) is 44.3 Å². The van der Waals surface area contributed by atoms with Crippen molar-refractivity contribution in [1.29, 1.82) is 0 Å². The number of carbonyl (C=O) groups is 2. The summed E-state index contributed by atoms with van der Waals surface area (Å²) in [4.78, 5) is 26.1. The van der Waals surface area contributed by atoms with Crippen LogP contribution < -0.4 is 15.4 Å². The van der Waals surface area contributed by atoms with Crippen LogP contribution >= 0.6 is 11.6 Å². The van der Waals surface area contributed by atoms with Gasteiger partial charge in [0.05, 0.1) is 5.56 Å². The summed E-state index contributed by atoms with van der Waals surface area (Å²) in [5.41, 5.74) is 0.941. The van der Waals surface area contributed by atoms with Crippen molar-refractivity contribution in [1.82, 2.24) is 15.1 Å². The Hall–Kier alpha value is -3.60. The molecule has 3 aromatic rings. The molecule has 196 valence electrons. The van der Waals surface area contributed by atoms with Crippen LogP contribution in [0, 0.1) is 23.9 Å². The molecular weight excluding hydrogens is 511 g/mol. The molecule has 2 heterocycles. The summed E-state index contributed by atoms with van der Waals surface area (Å²) in [5, 5.41) is 21.3. The SMILES string of the molecule is Cc1c(-c2ccc(NC(=O)C(NC(=O)c3ccnn3C)C3CCC(F)(F)CC3)cc2F)cc(Cl)c[n+]1[O-]. The summed E-state index contributed by atoms with van der Waals surface area (Å²) in [7, 11) is 1.56. The van der Waals surface area contributed by atoms with Gasteiger partial charge in [-0.1, -0.05) is 11.6 Å². The highest BCUT2D eigenvalue weighted by atomic mass is 35.5. The van der Waals surface area contributed by atoms with Crippen molar-refractivity contribution in [2.24, 2.45) is 13.0 Å². The van der Waals surface area contributed by atoms with E-state index in [0.29, 0.717) is 10.3 Å². The van der Waals surface area contributed by atoms with Crippen LogP contribution in [-0.4, -0.2) is 33.6 Å². The molecule has 37 heavy (non-hydrogen) atoms. The zero-order chi connectivity index (χ0) is 26.9. The number of anilines is 1. The van der Waals surface area contributed by atoms with E-state index in [1.54, 1.807) is 7.05 Å². The molecule has 1 saturated carbocycles. The average Bonchev–Trinajstić information content (AvgIpc) is 3.26. The van der Waals surface area contributed by atoms with Crippen LogP contribution in [0.25, 0.3) is 11.1 Å². The van der Waals surface area contributed by atoms with E-state index in [1.165, 1.54) is 42.1 Å². The van der Waals surface area contributed by atoms with E-state index in [4.69, 9.17) is 11.6 Å². The number of halogens is 4. The predicted octanol–water partition coefficient (Wildman–Crippen LogP) is 4.38. The van der Waals surface area contributed by atoms with Crippen LogP contribution in [0.4, 0.5) is 18.9 Å². The first-order valence-electron chi connectivity index (χ1n) is 11.6. The molecule has 2 aromatic heterocycles. The molecule has 2 amide bonds. The summed E-state index contributed by atoms with van der Waals surface area (Å²) in [6.45, 7) is 1.52. The molecule has 1 unspecified atom stereocenters. The molecule has 1 aromatic carbocycles. The number of aryl methyl sites for hydroxylation is 1. The fourth-order valence-electron chi connectivity index (χ4n) is 4.52. The van der Waals surface area contributed by atoms with Gasteiger partial charge in [-0.15, -0.1) is 0 Å². The largest absolute Gasteiger partial charge is 0.618 e. The van der Waals surface area contributed by atoms with Crippen molar-refractivity contribution >= 4 is 29.1 Å². The molecule has 1 fully saturated rings. The number of aromatic nitrogens is 3. The Bertz CT molecular complexity index is 1340. The molecule has 4 rings (SSSR count). The maximum Gasteiger partial charge on any atom is 0.270 e. The van der Waals surface area contributed by atoms with E-state index >= 15 is 4.39 Å². The molecule has 2 N–H and O–H groups in total. The molecule has 12 heteroatoms.